The van der Waals surface area contributed by atoms with Crippen molar-refractivity contribution in [3.05, 3.63) is 64.9 Å². The first-order valence-corrected chi connectivity index (χ1v) is 10.6. The molecular weight excluding hydrogens is 457 g/mol. The number of halogens is 4. The van der Waals surface area contributed by atoms with Crippen molar-refractivity contribution < 1.29 is 26.4 Å². The highest BCUT2D eigenvalue weighted by Crippen LogP contribution is 2.38. The van der Waals surface area contributed by atoms with E-state index in [-0.39, 0.29) is 17.7 Å². The molecule has 3 aromatic rings. The third-order valence-corrected chi connectivity index (χ3v) is 5.59. The summed E-state index contributed by atoms with van der Waals surface area (Å²) in [6, 6.07) is 10.1. The van der Waals surface area contributed by atoms with Gasteiger partial charge in [0.2, 0.25) is 15.9 Å². The lowest BCUT2D eigenvalue weighted by atomic mass is 10.1. The molecule has 0 aliphatic heterocycles. The van der Waals surface area contributed by atoms with Crippen molar-refractivity contribution in [2.45, 2.75) is 17.5 Å². The number of aromatic nitrogens is 2. The highest BCUT2D eigenvalue weighted by Gasteiger charge is 2.38. The van der Waals surface area contributed by atoms with E-state index in [9.17, 15) is 26.4 Å². The second kappa shape index (κ2) is 8.33. The van der Waals surface area contributed by atoms with E-state index in [1.807, 2.05) is 0 Å². The van der Waals surface area contributed by atoms with E-state index < -0.39 is 38.3 Å². The number of alkyl halides is 3. The average molecular weight is 473 g/mol. The summed E-state index contributed by atoms with van der Waals surface area (Å²) in [6.07, 6.45) is -3.86. The van der Waals surface area contributed by atoms with Gasteiger partial charge in [0, 0.05) is 35.1 Å². The number of sulfonamides is 1. The van der Waals surface area contributed by atoms with E-state index in [1.54, 1.807) is 24.3 Å². The third kappa shape index (κ3) is 5.24. The number of amides is 1. The van der Waals surface area contributed by atoms with Gasteiger partial charge in [0.1, 0.15) is 0 Å². The first-order chi connectivity index (χ1) is 14.4. The van der Waals surface area contributed by atoms with Crippen LogP contribution < -0.4 is 10.5 Å². The molecule has 0 atom stereocenters. The molecule has 0 aliphatic carbocycles. The van der Waals surface area contributed by atoms with Crippen LogP contribution in [0.1, 0.15) is 11.3 Å². The highest BCUT2D eigenvalue weighted by molar-refractivity contribution is 7.89. The SMILES string of the molecule is Cn1cc(-c2ccc(NC(=O)Cc3ccccc3Cl)cc2S(N)(=O)=O)c(C(F)(F)F)n1. The van der Waals surface area contributed by atoms with Crippen LogP contribution in [0.2, 0.25) is 5.02 Å². The molecule has 3 rings (SSSR count). The van der Waals surface area contributed by atoms with Gasteiger partial charge in [-0.25, -0.2) is 13.6 Å². The Bertz CT molecular complexity index is 1260. The molecule has 1 heterocycles. The molecule has 3 N–H and O–H groups in total. The van der Waals surface area contributed by atoms with Gasteiger partial charge < -0.3 is 5.32 Å². The van der Waals surface area contributed by atoms with Crippen molar-refractivity contribution in [3.8, 4) is 11.1 Å². The summed E-state index contributed by atoms with van der Waals surface area (Å²) in [4.78, 5) is 11.7. The van der Waals surface area contributed by atoms with Crippen LogP contribution >= 0.6 is 11.6 Å². The van der Waals surface area contributed by atoms with Gasteiger partial charge in [-0.15, -0.1) is 0 Å². The van der Waals surface area contributed by atoms with E-state index in [2.05, 4.69) is 10.4 Å². The fourth-order valence-electron chi connectivity index (χ4n) is 2.97. The standard InChI is InChI=1S/C19H16ClF3N4O3S/c1-27-10-14(18(26-27)19(21,22)23)13-7-6-12(9-16(13)31(24,29)30)25-17(28)8-11-4-2-3-5-15(11)20/h2-7,9-10H,8H2,1H3,(H,25,28)(H2,24,29,30). The molecule has 1 aromatic heterocycles. The maximum Gasteiger partial charge on any atom is 0.435 e. The molecule has 0 radical (unpaired) electrons. The number of carbonyl (C=O) groups excluding carboxylic acids is 1. The summed E-state index contributed by atoms with van der Waals surface area (Å²) in [5.74, 6) is -0.501. The summed E-state index contributed by atoms with van der Waals surface area (Å²) in [6.45, 7) is 0. The van der Waals surface area contributed by atoms with Crippen molar-refractivity contribution in [3.63, 3.8) is 0 Å². The molecule has 2 aromatic carbocycles. The van der Waals surface area contributed by atoms with Crippen LogP contribution in [0.15, 0.2) is 53.6 Å². The summed E-state index contributed by atoms with van der Waals surface area (Å²) in [7, 11) is -3.16. The van der Waals surface area contributed by atoms with Crippen molar-refractivity contribution >= 4 is 33.2 Å². The lowest BCUT2D eigenvalue weighted by Gasteiger charge is -2.13. The number of nitrogens with two attached hydrogens (primary N) is 1. The molecule has 0 saturated carbocycles. The topological polar surface area (TPSA) is 107 Å². The summed E-state index contributed by atoms with van der Waals surface area (Å²) in [5, 5.41) is 11.5. The van der Waals surface area contributed by atoms with Crippen LogP contribution in [-0.4, -0.2) is 24.1 Å². The monoisotopic (exact) mass is 472 g/mol. The molecular formula is C19H16ClF3N4O3S. The second-order valence-electron chi connectivity index (χ2n) is 6.64. The predicted molar refractivity (Wildman–Crippen MR) is 109 cm³/mol. The quantitative estimate of drug-likeness (QED) is 0.591. The number of hydrogen-bond donors (Lipinski definition) is 2. The Balaban J connectivity index is 1.99. The van der Waals surface area contributed by atoms with E-state index >= 15 is 0 Å². The number of aryl methyl sites for hydroxylation is 1. The molecule has 0 fully saturated rings. The van der Waals surface area contributed by atoms with Gasteiger partial charge in [0.25, 0.3) is 0 Å². The van der Waals surface area contributed by atoms with Crippen LogP contribution in [0.3, 0.4) is 0 Å². The van der Waals surface area contributed by atoms with Gasteiger partial charge in [-0.05, 0) is 23.8 Å². The zero-order chi connectivity index (χ0) is 23.0. The Hall–Kier alpha value is -2.89. The largest absolute Gasteiger partial charge is 0.435 e. The van der Waals surface area contributed by atoms with Gasteiger partial charge in [-0.2, -0.15) is 18.3 Å². The number of hydrogen-bond acceptors (Lipinski definition) is 4. The van der Waals surface area contributed by atoms with Gasteiger partial charge >= 0.3 is 6.18 Å². The van der Waals surface area contributed by atoms with E-state index in [4.69, 9.17) is 16.7 Å². The number of rotatable bonds is 5. The number of nitrogens with one attached hydrogen (secondary N) is 1. The Morgan fingerprint density at radius 1 is 1.19 bits per heavy atom. The van der Waals surface area contributed by atoms with Gasteiger partial charge in [0.15, 0.2) is 5.69 Å². The number of anilines is 1. The first-order valence-electron chi connectivity index (χ1n) is 8.67. The van der Waals surface area contributed by atoms with Crippen molar-refractivity contribution in [2.75, 3.05) is 5.32 Å². The Labute approximate surface area is 180 Å². The van der Waals surface area contributed by atoms with Crippen LogP contribution in [0.5, 0.6) is 0 Å². The minimum atomic E-state index is -4.81. The third-order valence-electron chi connectivity index (χ3n) is 4.27. The number of nitrogens with zero attached hydrogens (tertiary/aromatic N) is 2. The Morgan fingerprint density at radius 3 is 2.48 bits per heavy atom. The molecule has 0 unspecified atom stereocenters. The fraction of sp³-hybridized carbons (Fsp3) is 0.158. The lowest BCUT2D eigenvalue weighted by molar-refractivity contribution is -0.141. The van der Waals surface area contributed by atoms with Gasteiger partial charge in [-0.3, -0.25) is 9.48 Å². The average Bonchev–Trinajstić information content (AvgIpc) is 3.05. The highest BCUT2D eigenvalue weighted by atomic mass is 35.5. The van der Waals surface area contributed by atoms with Crippen LogP contribution in [0.4, 0.5) is 18.9 Å². The van der Waals surface area contributed by atoms with E-state index in [1.165, 1.54) is 13.1 Å². The molecule has 12 heteroatoms. The molecule has 0 bridgehead atoms. The summed E-state index contributed by atoms with van der Waals surface area (Å²) < 4.78 is 65.2. The summed E-state index contributed by atoms with van der Waals surface area (Å²) >= 11 is 6.02. The van der Waals surface area contributed by atoms with Crippen molar-refractivity contribution in [1.82, 2.24) is 9.78 Å². The zero-order valence-corrected chi connectivity index (χ0v) is 17.5. The normalized spacial score (nSPS) is 12.1. The molecule has 1 amide bonds. The molecule has 0 spiro atoms. The van der Waals surface area contributed by atoms with E-state index in [0.717, 1.165) is 23.0 Å². The number of benzene rings is 2. The maximum atomic E-state index is 13.3. The van der Waals surface area contributed by atoms with Crippen LogP contribution in [-0.2, 0) is 34.5 Å². The first kappa shape index (κ1) is 22.8. The minimum Gasteiger partial charge on any atom is -0.326 e. The lowest BCUT2D eigenvalue weighted by Crippen LogP contribution is -2.17. The molecule has 0 saturated heterocycles. The smallest absolute Gasteiger partial charge is 0.326 e. The van der Waals surface area contributed by atoms with Gasteiger partial charge in [-0.1, -0.05) is 35.9 Å². The summed E-state index contributed by atoms with van der Waals surface area (Å²) in [5.41, 5.74) is -1.40. The van der Waals surface area contributed by atoms with E-state index in [0.29, 0.717) is 10.6 Å². The van der Waals surface area contributed by atoms with Crippen LogP contribution in [0.25, 0.3) is 11.1 Å². The number of primary sulfonamides is 1. The van der Waals surface area contributed by atoms with Crippen molar-refractivity contribution in [2.24, 2.45) is 12.2 Å². The molecule has 31 heavy (non-hydrogen) atoms. The molecule has 164 valence electrons. The van der Waals surface area contributed by atoms with Crippen LogP contribution in [0, 0.1) is 0 Å². The zero-order valence-electron chi connectivity index (χ0n) is 15.9. The predicted octanol–water partition coefficient (Wildman–Crippen LogP) is 3.59. The van der Waals surface area contributed by atoms with Crippen molar-refractivity contribution in [1.29, 1.82) is 0 Å². The maximum absolute atomic E-state index is 13.3. The molecule has 7 nitrogen and oxygen atoms in total. The molecule has 0 aliphatic rings. The van der Waals surface area contributed by atoms with Gasteiger partial charge in [0.05, 0.1) is 11.3 Å². The minimum absolute atomic E-state index is 0.0438. The Kier molecular flexibility index (Phi) is 6.12. The Morgan fingerprint density at radius 2 is 1.87 bits per heavy atom. The number of carbonyl (C=O) groups is 1. The second-order valence-corrected chi connectivity index (χ2v) is 8.57. The fourth-order valence-corrected chi connectivity index (χ4v) is 3.95.